The highest BCUT2D eigenvalue weighted by atomic mass is 32.1. The van der Waals surface area contributed by atoms with Gasteiger partial charge in [0.25, 0.3) is 0 Å². The lowest BCUT2D eigenvalue weighted by Crippen LogP contribution is -2.25. The summed E-state index contributed by atoms with van der Waals surface area (Å²) in [6.07, 6.45) is 3.51. The molecule has 1 heterocycles. The fourth-order valence-electron chi connectivity index (χ4n) is 1.60. The molecule has 0 aliphatic rings. The molecule has 17 heavy (non-hydrogen) atoms. The van der Waals surface area contributed by atoms with Gasteiger partial charge in [0.1, 0.15) is 4.99 Å². The number of pyridine rings is 1. The zero-order valence-corrected chi connectivity index (χ0v) is 10.4. The van der Waals surface area contributed by atoms with Crippen LogP contribution in [0.5, 0.6) is 0 Å². The monoisotopic (exact) mass is 242 g/mol. The van der Waals surface area contributed by atoms with Gasteiger partial charge in [0.05, 0.1) is 0 Å². The molecule has 0 amide bonds. The molecule has 0 saturated carbocycles. The second-order valence-corrected chi connectivity index (χ2v) is 4.26. The lowest BCUT2D eigenvalue weighted by molar-refractivity contribution is 0.724. The molecule has 0 radical (unpaired) electrons. The summed E-state index contributed by atoms with van der Waals surface area (Å²) < 4.78 is 0. The summed E-state index contributed by atoms with van der Waals surface area (Å²) in [4.78, 5) is 4.79. The van der Waals surface area contributed by atoms with Gasteiger partial charge in [-0.3, -0.25) is 4.98 Å². The highest BCUT2D eigenvalue weighted by molar-refractivity contribution is 7.80. The zero-order chi connectivity index (χ0) is 12.1. The largest absolute Gasteiger partial charge is 0.369 e. The highest BCUT2D eigenvalue weighted by Crippen LogP contribution is 2.12. The number of nitrogens with zero attached hydrogens (tertiary/aromatic N) is 1. The highest BCUT2D eigenvalue weighted by Gasteiger charge is 2.07. The van der Waals surface area contributed by atoms with E-state index in [0.29, 0.717) is 0 Å². The summed E-state index contributed by atoms with van der Waals surface area (Å²) in [5.74, 6) is 0. The predicted octanol–water partition coefficient (Wildman–Crippen LogP) is 3.11. The van der Waals surface area contributed by atoms with E-state index in [9.17, 15) is 0 Å². The van der Waals surface area contributed by atoms with Gasteiger partial charge in [0.15, 0.2) is 0 Å². The van der Waals surface area contributed by atoms with Gasteiger partial charge >= 0.3 is 0 Å². The average molecular weight is 242 g/mol. The molecule has 2 aromatic rings. The molecule has 3 heteroatoms. The first-order chi connectivity index (χ1) is 8.27. The maximum atomic E-state index is 5.35. The predicted molar refractivity (Wildman–Crippen MR) is 73.9 cm³/mol. The van der Waals surface area contributed by atoms with Crippen LogP contribution in [0, 0.1) is 0 Å². The summed E-state index contributed by atoms with van der Waals surface area (Å²) in [6, 6.07) is 14.3. The molecule has 86 valence electrons. The number of benzene rings is 1. The van der Waals surface area contributed by atoms with Crippen LogP contribution in [0.25, 0.3) is 0 Å². The van der Waals surface area contributed by atoms with Crippen molar-refractivity contribution in [2.24, 2.45) is 0 Å². The summed E-state index contributed by atoms with van der Waals surface area (Å²) in [6.45, 7) is 2.10. The number of nitrogens with one attached hydrogen (secondary N) is 1. The quantitative estimate of drug-likeness (QED) is 0.837. The van der Waals surface area contributed by atoms with E-state index in [4.69, 9.17) is 12.2 Å². The van der Waals surface area contributed by atoms with Crippen LogP contribution >= 0.6 is 12.2 Å². The number of aromatic nitrogens is 1. The first-order valence-corrected chi connectivity index (χ1v) is 5.94. The van der Waals surface area contributed by atoms with Gasteiger partial charge in [0.2, 0.25) is 0 Å². The van der Waals surface area contributed by atoms with E-state index in [0.717, 1.165) is 10.6 Å². The molecule has 1 aromatic heterocycles. The minimum atomic E-state index is 0.198. The molecular weight excluding hydrogens is 228 g/mol. The van der Waals surface area contributed by atoms with E-state index in [1.807, 2.05) is 30.3 Å². The van der Waals surface area contributed by atoms with Gasteiger partial charge in [-0.1, -0.05) is 42.5 Å². The van der Waals surface area contributed by atoms with Crippen molar-refractivity contribution in [2.75, 3.05) is 0 Å². The van der Waals surface area contributed by atoms with E-state index in [-0.39, 0.29) is 6.04 Å². The molecule has 0 fully saturated rings. The van der Waals surface area contributed by atoms with Gasteiger partial charge in [-0.25, -0.2) is 0 Å². The zero-order valence-electron chi connectivity index (χ0n) is 9.63. The molecule has 0 aliphatic heterocycles. The van der Waals surface area contributed by atoms with Gasteiger partial charge in [-0.15, -0.1) is 0 Å². The van der Waals surface area contributed by atoms with E-state index in [1.54, 1.807) is 12.4 Å². The Morgan fingerprint density at radius 1 is 1.18 bits per heavy atom. The standard InChI is InChI=1S/C14H14N2S/c1-11(12-6-3-2-4-7-12)16-14(17)13-8-5-9-15-10-13/h2-11H,1H3,(H,16,17)/t11-/m0/s1. The van der Waals surface area contributed by atoms with Gasteiger partial charge in [-0.05, 0) is 24.6 Å². The molecule has 0 saturated heterocycles. The first-order valence-electron chi connectivity index (χ1n) is 5.53. The van der Waals surface area contributed by atoms with Gasteiger partial charge < -0.3 is 5.32 Å². The Bertz CT molecular complexity index is 482. The van der Waals surface area contributed by atoms with Crippen molar-refractivity contribution in [2.45, 2.75) is 13.0 Å². The molecule has 0 aliphatic carbocycles. The van der Waals surface area contributed by atoms with Crippen LogP contribution < -0.4 is 5.32 Å². The number of hydrogen-bond acceptors (Lipinski definition) is 2. The molecule has 1 atom stereocenters. The van der Waals surface area contributed by atoms with Crippen molar-refractivity contribution < 1.29 is 0 Å². The van der Waals surface area contributed by atoms with Crippen LogP contribution in [0.1, 0.15) is 24.1 Å². The van der Waals surface area contributed by atoms with Crippen LogP contribution in [-0.2, 0) is 0 Å². The Kier molecular flexibility index (Phi) is 3.83. The summed E-state index contributed by atoms with van der Waals surface area (Å²) in [5, 5.41) is 3.30. The molecule has 0 bridgehead atoms. The Balaban J connectivity index is 2.05. The van der Waals surface area contributed by atoms with E-state index < -0.39 is 0 Å². The van der Waals surface area contributed by atoms with Crippen molar-refractivity contribution in [3.05, 3.63) is 66.0 Å². The summed E-state index contributed by atoms with van der Waals surface area (Å²) in [7, 11) is 0. The SMILES string of the molecule is C[C@H](NC(=S)c1cccnc1)c1ccccc1. The van der Waals surface area contributed by atoms with Gasteiger partial charge in [-0.2, -0.15) is 0 Å². The van der Waals surface area contributed by atoms with Crippen LogP contribution in [0.15, 0.2) is 54.9 Å². The Labute approximate surface area is 107 Å². The lowest BCUT2D eigenvalue weighted by atomic mass is 10.1. The third-order valence-corrected chi connectivity index (χ3v) is 2.92. The fourth-order valence-corrected chi connectivity index (χ4v) is 1.90. The van der Waals surface area contributed by atoms with Gasteiger partial charge in [0, 0.05) is 24.0 Å². The van der Waals surface area contributed by atoms with E-state index in [2.05, 4.69) is 29.4 Å². The van der Waals surface area contributed by atoms with E-state index in [1.165, 1.54) is 5.56 Å². The Morgan fingerprint density at radius 3 is 2.59 bits per heavy atom. The third-order valence-electron chi connectivity index (χ3n) is 2.57. The summed E-state index contributed by atoms with van der Waals surface area (Å²) in [5.41, 5.74) is 2.17. The molecule has 0 spiro atoms. The van der Waals surface area contributed by atoms with Crippen LogP contribution in [-0.4, -0.2) is 9.97 Å². The summed E-state index contributed by atoms with van der Waals surface area (Å²) >= 11 is 5.35. The lowest BCUT2D eigenvalue weighted by Gasteiger charge is -2.16. The average Bonchev–Trinajstić information content (AvgIpc) is 2.40. The van der Waals surface area contributed by atoms with Crippen molar-refractivity contribution in [3.8, 4) is 0 Å². The minimum absolute atomic E-state index is 0.198. The van der Waals surface area contributed by atoms with Crippen molar-refractivity contribution in [3.63, 3.8) is 0 Å². The topological polar surface area (TPSA) is 24.9 Å². The molecule has 2 nitrogen and oxygen atoms in total. The van der Waals surface area contributed by atoms with Crippen LogP contribution in [0.3, 0.4) is 0 Å². The molecular formula is C14H14N2S. The van der Waals surface area contributed by atoms with Crippen LogP contribution in [0.2, 0.25) is 0 Å². The molecule has 0 unspecified atom stereocenters. The molecule has 1 N–H and O–H groups in total. The number of hydrogen-bond donors (Lipinski definition) is 1. The fraction of sp³-hybridized carbons (Fsp3) is 0.143. The van der Waals surface area contributed by atoms with Crippen molar-refractivity contribution in [1.82, 2.24) is 10.3 Å². The maximum Gasteiger partial charge on any atom is 0.108 e. The Morgan fingerprint density at radius 2 is 1.94 bits per heavy atom. The number of thiocarbonyl (C=S) groups is 1. The minimum Gasteiger partial charge on any atom is -0.369 e. The second-order valence-electron chi connectivity index (χ2n) is 3.85. The van der Waals surface area contributed by atoms with Crippen molar-refractivity contribution in [1.29, 1.82) is 0 Å². The van der Waals surface area contributed by atoms with E-state index >= 15 is 0 Å². The first kappa shape index (κ1) is 11.7. The smallest absolute Gasteiger partial charge is 0.108 e. The maximum absolute atomic E-state index is 5.35. The van der Waals surface area contributed by atoms with Crippen LogP contribution in [0.4, 0.5) is 0 Å². The number of rotatable bonds is 3. The van der Waals surface area contributed by atoms with Crippen molar-refractivity contribution >= 4 is 17.2 Å². The molecule has 2 rings (SSSR count). The molecule has 1 aromatic carbocycles. The Hall–Kier alpha value is -1.74. The third kappa shape index (κ3) is 3.11. The second kappa shape index (κ2) is 5.55. The normalized spacial score (nSPS) is 11.8.